The van der Waals surface area contributed by atoms with Crippen LogP contribution in [0.2, 0.25) is 5.02 Å². The van der Waals surface area contributed by atoms with Gasteiger partial charge in [-0.15, -0.1) is 5.10 Å². The lowest BCUT2D eigenvalue weighted by Gasteiger charge is -2.10. The van der Waals surface area contributed by atoms with Gasteiger partial charge in [-0.25, -0.2) is 4.68 Å². The Labute approximate surface area is 98.2 Å². The Morgan fingerprint density at radius 1 is 1.38 bits per heavy atom. The summed E-state index contributed by atoms with van der Waals surface area (Å²) in [5.41, 5.74) is 8.58. The molecule has 0 saturated heterocycles. The maximum atomic E-state index is 5.81. The first-order chi connectivity index (χ1) is 7.63. The molecule has 0 spiro atoms. The number of nitrogens with zero attached hydrogens (tertiary/aromatic N) is 4. The smallest absolute Gasteiger partial charge is 0.180 e. The van der Waals surface area contributed by atoms with Crippen molar-refractivity contribution in [3.63, 3.8) is 0 Å². The summed E-state index contributed by atoms with van der Waals surface area (Å²) in [6.07, 6.45) is 3.23. The second-order valence-electron chi connectivity index (χ2n) is 3.52. The summed E-state index contributed by atoms with van der Waals surface area (Å²) < 4.78 is 1.59. The van der Waals surface area contributed by atoms with Crippen LogP contribution in [0.3, 0.4) is 0 Å². The first-order valence-electron chi connectivity index (χ1n) is 4.87. The first-order valence-corrected chi connectivity index (χ1v) is 5.24. The third-order valence-electron chi connectivity index (χ3n) is 2.53. The van der Waals surface area contributed by atoms with Crippen LogP contribution >= 0.6 is 11.6 Å². The van der Waals surface area contributed by atoms with Gasteiger partial charge in [-0.3, -0.25) is 0 Å². The molecular formula is C10H12ClN5. The molecule has 5 nitrogen and oxygen atoms in total. The third-order valence-corrected chi connectivity index (χ3v) is 2.73. The van der Waals surface area contributed by atoms with E-state index in [0.29, 0.717) is 17.4 Å². The summed E-state index contributed by atoms with van der Waals surface area (Å²) in [7, 11) is 0. The Morgan fingerprint density at radius 2 is 2.12 bits per heavy atom. The molecule has 0 atom stereocenters. The molecule has 0 radical (unpaired) electrons. The highest BCUT2D eigenvalue weighted by atomic mass is 35.5. The molecular weight excluding hydrogens is 226 g/mol. The molecule has 0 aliphatic carbocycles. The fraction of sp³-hybridized carbons (Fsp3) is 0.300. The molecule has 2 aromatic rings. The number of halogens is 1. The Morgan fingerprint density at radius 3 is 2.69 bits per heavy atom. The molecule has 0 aliphatic heterocycles. The molecule has 0 aromatic carbocycles. The minimum Gasteiger partial charge on any atom is -0.326 e. The topological polar surface area (TPSA) is 69.6 Å². The molecule has 6 heteroatoms. The van der Waals surface area contributed by atoms with E-state index < -0.39 is 0 Å². The normalized spacial score (nSPS) is 10.8. The van der Waals surface area contributed by atoms with Gasteiger partial charge in [0.15, 0.2) is 5.82 Å². The zero-order valence-electron chi connectivity index (χ0n) is 9.11. The summed E-state index contributed by atoms with van der Waals surface area (Å²) in [5, 5.41) is 12.8. The van der Waals surface area contributed by atoms with Crippen LogP contribution in [0.1, 0.15) is 16.8 Å². The Bertz CT molecular complexity index is 520. The second-order valence-corrected chi connectivity index (χ2v) is 3.96. The van der Waals surface area contributed by atoms with Crippen LogP contribution in [0.25, 0.3) is 5.82 Å². The summed E-state index contributed by atoms with van der Waals surface area (Å²) in [5.74, 6) is 0.637. The summed E-state index contributed by atoms with van der Waals surface area (Å²) in [4.78, 5) is 0. The molecule has 0 bridgehead atoms. The van der Waals surface area contributed by atoms with Crippen molar-refractivity contribution in [2.24, 2.45) is 5.73 Å². The molecule has 2 aromatic heterocycles. The van der Waals surface area contributed by atoms with Crippen LogP contribution in [0.15, 0.2) is 12.4 Å². The molecule has 0 amide bonds. The van der Waals surface area contributed by atoms with E-state index in [-0.39, 0.29) is 0 Å². The number of aromatic nitrogens is 4. The maximum absolute atomic E-state index is 5.81. The Balaban J connectivity index is 2.61. The van der Waals surface area contributed by atoms with E-state index in [0.717, 1.165) is 16.8 Å². The van der Waals surface area contributed by atoms with E-state index in [1.807, 2.05) is 13.8 Å². The molecule has 0 saturated carbocycles. The number of hydrogen-bond acceptors (Lipinski definition) is 4. The van der Waals surface area contributed by atoms with Gasteiger partial charge in [0.1, 0.15) is 0 Å². The molecule has 16 heavy (non-hydrogen) atoms. The SMILES string of the molecule is Cc1nnc(-n2cc(Cl)cn2)c(CN)c1C. The quantitative estimate of drug-likeness (QED) is 0.857. The van der Waals surface area contributed by atoms with Crippen LogP contribution < -0.4 is 5.73 Å². The van der Waals surface area contributed by atoms with Gasteiger partial charge in [-0.2, -0.15) is 10.2 Å². The van der Waals surface area contributed by atoms with Crippen LogP contribution in [-0.2, 0) is 6.54 Å². The number of rotatable bonds is 2. The highest BCUT2D eigenvalue weighted by Crippen LogP contribution is 2.18. The van der Waals surface area contributed by atoms with Crippen LogP contribution in [0.4, 0.5) is 0 Å². The number of nitrogens with two attached hydrogens (primary N) is 1. The van der Waals surface area contributed by atoms with Gasteiger partial charge in [0, 0.05) is 12.1 Å². The molecule has 0 aliphatic rings. The standard InChI is InChI=1S/C10H12ClN5/c1-6-7(2)14-15-10(9(6)3-12)16-5-8(11)4-13-16/h4-5H,3,12H2,1-2H3. The monoisotopic (exact) mass is 237 g/mol. The van der Waals surface area contributed by atoms with Crippen molar-refractivity contribution in [2.45, 2.75) is 20.4 Å². The van der Waals surface area contributed by atoms with Crippen LogP contribution in [-0.4, -0.2) is 20.0 Å². The average Bonchev–Trinajstić information content (AvgIpc) is 2.68. The lowest BCUT2D eigenvalue weighted by atomic mass is 10.1. The summed E-state index contributed by atoms with van der Waals surface area (Å²) in [6.45, 7) is 4.27. The van der Waals surface area contributed by atoms with Crippen molar-refractivity contribution in [1.29, 1.82) is 0 Å². The first kappa shape index (κ1) is 11.0. The van der Waals surface area contributed by atoms with E-state index >= 15 is 0 Å². The summed E-state index contributed by atoms with van der Waals surface area (Å²) in [6, 6.07) is 0. The maximum Gasteiger partial charge on any atom is 0.180 e. The Hall–Kier alpha value is -1.46. The Kier molecular flexibility index (Phi) is 2.89. The second kappa shape index (κ2) is 4.19. The minimum atomic E-state index is 0.398. The van der Waals surface area contributed by atoms with Crippen molar-refractivity contribution in [1.82, 2.24) is 20.0 Å². The fourth-order valence-electron chi connectivity index (χ4n) is 1.49. The van der Waals surface area contributed by atoms with Crippen molar-refractivity contribution < 1.29 is 0 Å². The van der Waals surface area contributed by atoms with E-state index in [1.165, 1.54) is 0 Å². The van der Waals surface area contributed by atoms with Gasteiger partial charge in [0.25, 0.3) is 0 Å². The third kappa shape index (κ3) is 1.79. The fourth-order valence-corrected chi connectivity index (χ4v) is 1.63. The van der Waals surface area contributed by atoms with Gasteiger partial charge in [0.05, 0.1) is 23.1 Å². The summed E-state index contributed by atoms with van der Waals surface area (Å²) >= 11 is 5.81. The molecule has 0 unspecified atom stereocenters. The molecule has 0 fully saturated rings. The largest absolute Gasteiger partial charge is 0.326 e. The molecule has 2 heterocycles. The molecule has 84 valence electrons. The molecule has 2 N–H and O–H groups in total. The van der Waals surface area contributed by atoms with E-state index in [2.05, 4.69) is 15.3 Å². The predicted octanol–water partition coefficient (Wildman–Crippen LogP) is 1.39. The number of aryl methyl sites for hydroxylation is 1. The minimum absolute atomic E-state index is 0.398. The predicted molar refractivity (Wildman–Crippen MR) is 61.5 cm³/mol. The average molecular weight is 238 g/mol. The number of hydrogen-bond donors (Lipinski definition) is 1. The van der Waals surface area contributed by atoms with Crippen molar-refractivity contribution in [3.05, 3.63) is 34.2 Å². The van der Waals surface area contributed by atoms with Gasteiger partial charge >= 0.3 is 0 Å². The lowest BCUT2D eigenvalue weighted by molar-refractivity contribution is 0.775. The zero-order chi connectivity index (χ0) is 11.7. The van der Waals surface area contributed by atoms with Crippen LogP contribution in [0, 0.1) is 13.8 Å². The van der Waals surface area contributed by atoms with Crippen LogP contribution in [0.5, 0.6) is 0 Å². The van der Waals surface area contributed by atoms with E-state index in [4.69, 9.17) is 17.3 Å². The van der Waals surface area contributed by atoms with Gasteiger partial charge in [0.2, 0.25) is 0 Å². The lowest BCUT2D eigenvalue weighted by Crippen LogP contribution is -2.12. The van der Waals surface area contributed by atoms with Crippen molar-refractivity contribution in [2.75, 3.05) is 0 Å². The molecule has 2 rings (SSSR count). The van der Waals surface area contributed by atoms with Gasteiger partial charge in [-0.05, 0) is 19.4 Å². The van der Waals surface area contributed by atoms with E-state index in [9.17, 15) is 0 Å². The van der Waals surface area contributed by atoms with Gasteiger partial charge in [-0.1, -0.05) is 11.6 Å². The van der Waals surface area contributed by atoms with Gasteiger partial charge < -0.3 is 5.73 Å². The zero-order valence-corrected chi connectivity index (χ0v) is 9.86. The van der Waals surface area contributed by atoms with Crippen molar-refractivity contribution >= 4 is 11.6 Å². The highest BCUT2D eigenvalue weighted by Gasteiger charge is 2.12. The van der Waals surface area contributed by atoms with Crippen molar-refractivity contribution in [3.8, 4) is 5.82 Å². The highest BCUT2D eigenvalue weighted by molar-refractivity contribution is 6.30. The van der Waals surface area contributed by atoms with E-state index in [1.54, 1.807) is 17.1 Å².